The van der Waals surface area contributed by atoms with E-state index in [0.717, 1.165) is 63.2 Å². The van der Waals surface area contributed by atoms with E-state index < -0.39 is 24.6 Å². The van der Waals surface area contributed by atoms with E-state index >= 15 is 0 Å². The number of hydrogen-bond acceptors (Lipinski definition) is 8. The molecule has 4 aliphatic heterocycles. The Morgan fingerprint density at radius 1 is 1.04 bits per heavy atom. The van der Waals surface area contributed by atoms with Gasteiger partial charge in [-0.25, -0.2) is 4.79 Å². The molecule has 6 aliphatic rings. The summed E-state index contributed by atoms with van der Waals surface area (Å²) in [6.45, 7) is 2.36. The van der Waals surface area contributed by atoms with Crippen LogP contribution in [0.2, 0.25) is 0 Å². The number of fused-ring (bicyclic) bond motifs is 3. The van der Waals surface area contributed by atoms with Gasteiger partial charge in [0.15, 0.2) is 11.5 Å². The Balaban J connectivity index is 1.21. The predicted molar refractivity (Wildman–Crippen MR) is 196 cm³/mol. The van der Waals surface area contributed by atoms with Gasteiger partial charge >= 0.3 is 5.97 Å². The number of cyclic esters (lactones) is 1. The van der Waals surface area contributed by atoms with E-state index in [4.69, 9.17) is 14.2 Å². The minimum absolute atomic E-state index is 0.0164. The van der Waals surface area contributed by atoms with Crippen LogP contribution in [0.3, 0.4) is 0 Å². The zero-order valence-electron chi connectivity index (χ0n) is 30.7. The summed E-state index contributed by atoms with van der Waals surface area (Å²) in [5.74, 6) is 2.09. The summed E-state index contributed by atoms with van der Waals surface area (Å²) in [6.07, 6.45) is 22.1. The highest BCUT2D eigenvalue weighted by Gasteiger charge is 2.53. The number of allylic oxidation sites excluding steroid dienone is 1. The minimum atomic E-state index is -0.658. The number of aliphatic hydroxyl groups excluding tert-OH is 3. The Labute approximate surface area is 304 Å². The molecule has 0 spiro atoms. The standard InChI is InChI=1S/C43H59NO7/c1-3-4-5-11-27-12-8-13-28(20-27)21-29-22-35-38-33(25-45)41(42-40(49-2)34(26-46)43(48)51-42)50-37(38)18-10-19-44(35)36(23-29)39(47)32-17-9-16-31(24-32)30-14-6-7-15-30/h8-9,12-13,17-18,20,29-33,35-36,38-39,45-47H,3-7,10-11,14-16,19,21-26H2,1-2H3. The van der Waals surface area contributed by atoms with Gasteiger partial charge in [0.25, 0.3) is 0 Å². The molecule has 3 fully saturated rings. The third kappa shape index (κ3) is 7.49. The van der Waals surface area contributed by atoms with Crippen molar-refractivity contribution >= 4 is 5.97 Å². The van der Waals surface area contributed by atoms with Crippen molar-refractivity contribution < 1.29 is 34.3 Å². The maximum absolute atomic E-state index is 12.7. The fourth-order valence-electron chi connectivity index (χ4n) is 10.6. The second kappa shape index (κ2) is 16.4. The number of carbonyl (C=O) groups excluding carboxylic acids is 1. The highest BCUT2D eigenvalue weighted by molar-refractivity contribution is 5.94. The molecule has 3 N–H and O–H groups in total. The lowest BCUT2D eigenvalue weighted by atomic mass is 9.70. The molecule has 8 atom stereocenters. The Hall–Kier alpha value is -2.91. The average Bonchev–Trinajstić information content (AvgIpc) is 3.86. The lowest BCUT2D eigenvalue weighted by Crippen LogP contribution is -2.58. The number of piperidine rings is 1. The fraction of sp³-hybridized carbons (Fsp3) is 0.651. The van der Waals surface area contributed by atoms with Gasteiger partial charge in [0, 0.05) is 30.5 Å². The van der Waals surface area contributed by atoms with Crippen LogP contribution in [0.1, 0.15) is 95.1 Å². The second-order valence-corrected chi connectivity index (χ2v) is 16.1. The fourth-order valence-corrected chi connectivity index (χ4v) is 10.6. The summed E-state index contributed by atoms with van der Waals surface area (Å²) < 4.78 is 17.8. The molecule has 2 aliphatic carbocycles. The maximum atomic E-state index is 12.7. The van der Waals surface area contributed by atoms with E-state index in [1.165, 1.54) is 63.2 Å². The molecule has 1 aromatic carbocycles. The van der Waals surface area contributed by atoms with Crippen molar-refractivity contribution in [2.24, 2.45) is 35.5 Å². The Bertz CT molecular complexity index is 1520. The first-order chi connectivity index (χ1) is 24.9. The molecule has 8 unspecified atom stereocenters. The van der Waals surface area contributed by atoms with Crippen molar-refractivity contribution in [3.8, 4) is 0 Å². The third-order valence-electron chi connectivity index (χ3n) is 13.1. The van der Waals surface area contributed by atoms with Gasteiger partial charge < -0.3 is 29.5 Å². The molecule has 278 valence electrons. The van der Waals surface area contributed by atoms with Crippen molar-refractivity contribution in [3.05, 3.63) is 82.2 Å². The second-order valence-electron chi connectivity index (χ2n) is 16.1. The Morgan fingerprint density at radius 3 is 2.63 bits per heavy atom. The molecule has 7 rings (SSSR count). The van der Waals surface area contributed by atoms with Crippen LogP contribution >= 0.6 is 0 Å². The first kappa shape index (κ1) is 36.4. The van der Waals surface area contributed by atoms with Gasteiger partial charge in [0.05, 0.1) is 32.3 Å². The SMILES string of the molecule is CCCCCc1cccc(CC2CC(C(O)C3C=CCC(C4CCCC4)C3)N3CCC=C4OC(=C5OC(=O)C(CO)=C5OC)C(CO)C4C3C2)c1. The molecule has 4 heterocycles. The van der Waals surface area contributed by atoms with Crippen molar-refractivity contribution in [2.45, 2.75) is 115 Å². The monoisotopic (exact) mass is 701 g/mol. The smallest absolute Gasteiger partial charge is 0.345 e. The van der Waals surface area contributed by atoms with Crippen LogP contribution in [-0.2, 0) is 31.8 Å². The van der Waals surface area contributed by atoms with Crippen LogP contribution in [0.5, 0.6) is 0 Å². The molecule has 0 amide bonds. The van der Waals surface area contributed by atoms with Crippen LogP contribution in [0.4, 0.5) is 0 Å². The van der Waals surface area contributed by atoms with Crippen LogP contribution in [-0.4, -0.2) is 71.2 Å². The van der Waals surface area contributed by atoms with Gasteiger partial charge in [-0.15, -0.1) is 0 Å². The van der Waals surface area contributed by atoms with Gasteiger partial charge in [-0.1, -0.05) is 81.9 Å². The molecule has 1 saturated carbocycles. The number of aliphatic hydroxyl groups is 3. The molecule has 1 aromatic rings. The minimum Gasteiger partial charge on any atom is -0.492 e. The molecule has 2 saturated heterocycles. The topological polar surface area (TPSA) is 109 Å². The van der Waals surface area contributed by atoms with Crippen LogP contribution in [0.25, 0.3) is 0 Å². The van der Waals surface area contributed by atoms with E-state index in [1.54, 1.807) is 0 Å². The quantitative estimate of drug-likeness (QED) is 0.125. The number of hydrogen-bond donors (Lipinski definition) is 3. The van der Waals surface area contributed by atoms with Gasteiger partial charge in [-0.3, -0.25) is 4.90 Å². The zero-order valence-corrected chi connectivity index (χ0v) is 30.7. The van der Waals surface area contributed by atoms with Gasteiger partial charge in [0.2, 0.25) is 5.76 Å². The summed E-state index contributed by atoms with van der Waals surface area (Å²) in [6, 6.07) is 9.11. The lowest BCUT2D eigenvalue weighted by molar-refractivity contribution is -0.134. The van der Waals surface area contributed by atoms with Crippen LogP contribution in [0, 0.1) is 35.5 Å². The third-order valence-corrected chi connectivity index (χ3v) is 13.1. The molecule has 0 aromatic heterocycles. The summed E-state index contributed by atoms with van der Waals surface area (Å²) in [5.41, 5.74) is 2.81. The van der Waals surface area contributed by atoms with Gasteiger partial charge in [-0.05, 0) is 86.3 Å². The molecule has 8 nitrogen and oxygen atoms in total. The molecular formula is C43H59NO7. The van der Waals surface area contributed by atoms with Gasteiger partial charge in [-0.2, -0.15) is 0 Å². The number of nitrogens with zero attached hydrogens (tertiary/aromatic N) is 1. The molecule has 0 bridgehead atoms. The number of carbonyl (C=O) groups is 1. The maximum Gasteiger partial charge on any atom is 0.345 e. The number of ether oxygens (including phenoxy) is 3. The number of aryl methyl sites for hydroxylation is 1. The number of benzene rings is 1. The number of methoxy groups -OCH3 is 1. The van der Waals surface area contributed by atoms with E-state index in [0.29, 0.717) is 17.6 Å². The summed E-state index contributed by atoms with van der Waals surface area (Å²) in [4.78, 5) is 15.2. The van der Waals surface area contributed by atoms with Crippen molar-refractivity contribution in [2.75, 3.05) is 26.9 Å². The largest absolute Gasteiger partial charge is 0.492 e. The first-order valence-corrected chi connectivity index (χ1v) is 20.0. The summed E-state index contributed by atoms with van der Waals surface area (Å²) in [7, 11) is 1.45. The van der Waals surface area contributed by atoms with Crippen molar-refractivity contribution in [1.82, 2.24) is 4.90 Å². The van der Waals surface area contributed by atoms with Crippen LogP contribution < -0.4 is 0 Å². The lowest BCUT2D eigenvalue weighted by Gasteiger charge is -2.50. The highest BCUT2D eigenvalue weighted by atomic mass is 16.6. The summed E-state index contributed by atoms with van der Waals surface area (Å²) >= 11 is 0. The Morgan fingerprint density at radius 2 is 1.86 bits per heavy atom. The molecule has 0 radical (unpaired) electrons. The van der Waals surface area contributed by atoms with E-state index in [-0.39, 0.29) is 47.6 Å². The van der Waals surface area contributed by atoms with E-state index in [2.05, 4.69) is 54.3 Å². The summed E-state index contributed by atoms with van der Waals surface area (Å²) in [5, 5.41) is 33.4. The number of rotatable bonds is 12. The predicted octanol–water partition coefficient (Wildman–Crippen LogP) is 6.75. The van der Waals surface area contributed by atoms with Crippen molar-refractivity contribution in [3.63, 3.8) is 0 Å². The van der Waals surface area contributed by atoms with Crippen molar-refractivity contribution in [1.29, 1.82) is 0 Å². The van der Waals surface area contributed by atoms with Crippen LogP contribution in [0.15, 0.2) is 71.1 Å². The normalized spacial score (nSPS) is 33.4. The highest BCUT2D eigenvalue weighted by Crippen LogP contribution is 2.51. The van der Waals surface area contributed by atoms with Gasteiger partial charge in [0.1, 0.15) is 11.3 Å². The average molecular weight is 702 g/mol. The Kier molecular flexibility index (Phi) is 11.7. The van der Waals surface area contributed by atoms with E-state index in [9.17, 15) is 20.1 Å². The first-order valence-electron chi connectivity index (χ1n) is 20.0. The molecule has 8 heteroatoms. The molecular weight excluding hydrogens is 642 g/mol. The molecule has 51 heavy (non-hydrogen) atoms. The van der Waals surface area contributed by atoms with E-state index in [1.807, 2.05) is 0 Å². The zero-order chi connectivity index (χ0) is 35.5. The number of esters is 1. The number of unbranched alkanes of at least 4 members (excludes halogenated alkanes) is 2.